The average Bonchev–Trinajstić information content (AvgIpc) is 3.11. The smallest absolute Gasteiger partial charge is 0.306 e. The van der Waals surface area contributed by atoms with Crippen LogP contribution in [0.15, 0.2) is 22.7 Å². The van der Waals surface area contributed by atoms with Crippen LogP contribution in [0.25, 0.3) is 0 Å². The van der Waals surface area contributed by atoms with E-state index in [9.17, 15) is 4.79 Å². The van der Waals surface area contributed by atoms with E-state index in [-0.39, 0.29) is 5.92 Å². The molecule has 1 aromatic rings. The Morgan fingerprint density at radius 2 is 2.32 bits per heavy atom. The third-order valence-electron chi connectivity index (χ3n) is 3.72. The highest BCUT2D eigenvalue weighted by molar-refractivity contribution is 9.10. The Morgan fingerprint density at radius 3 is 2.84 bits per heavy atom. The highest BCUT2D eigenvalue weighted by Gasteiger charge is 2.43. The van der Waals surface area contributed by atoms with E-state index in [4.69, 9.17) is 9.84 Å². The second kappa shape index (κ2) is 5.95. The predicted molar refractivity (Wildman–Crippen MR) is 77.6 cm³/mol. The van der Waals surface area contributed by atoms with Crippen molar-refractivity contribution in [2.24, 2.45) is 11.8 Å². The minimum absolute atomic E-state index is 0.117. The highest BCUT2D eigenvalue weighted by Crippen LogP contribution is 2.45. The zero-order valence-corrected chi connectivity index (χ0v) is 12.8. The van der Waals surface area contributed by atoms with E-state index in [0.717, 1.165) is 23.1 Å². The van der Waals surface area contributed by atoms with Crippen LogP contribution in [-0.2, 0) is 4.79 Å². The predicted octanol–water partition coefficient (Wildman–Crippen LogP) is 4.06. The lowest BCUT2D eigenvalue weighted by molar-refractivity contribution is -0.138. The summed E-state index contributed by atoms with van der Waals surface area (Å²) in [6.07, 6.45) is 1.77. The summed E-state index contributed by atoms with van der Waals surface area (Å²) in [7, 11) is 0. The molecule has 1 fully saturated rings. The number of aliphatic carboxylic acids is 1. The molecular weight excluding hydrogens is 308 g/mol. The SMILES string of the molecule is CCOc1ccc(C(C)CC2CC2C(=O)O)cc1Br. The third kappa shape index (κ3) is 3.50. The maximum Gasteiger partial charge on any atom is 0.306 e. The van der Waals surface area contributed by atoms with Gasteiger partial charge in [0.25, 0.3) is 0 Å². The van der Waals surface area contributed by atoms with Crippen LogP contribution < -0.4 is 4.74 Å². The zero-order valence-electron chi connectivity index (χ0n) is 11.2. The Morgan fingerprint density at radius 1 is 1.58 bits per heavy atom. The van der Waals surface area contributed by atoms with Gasteiger partial charge in [0.15, 0.2) is 0 Å². The minimum atomic E-state index is -0.648. The van der Waals surface area contributed by atoms with Crippen molar-refractivity contribution < 1.29 is 14.6 Å². The molecule has 2 rings (SSSR count). The normalized spacial score (nSPS) is 22.9. The Kier molecular flexibility index (Phi) is 4.50. The number of halogens is 1. The highest BCUT2D eigenvalue weighted by atomic mass is 79.9. The van der Waals surface area contributed by atoms with Gasteiger partial charge in [0.1, 0.15) is 5.75 Å². The first-order valence-corrected chi connectivity index (χ1v) is 7.47. The molecular formula is C15H19BrO3. The molecule has 0 spiro atoms. The molecule has 0 radical (unpaired) electrons. The summed E-state index contributed by atoms with van der Waals surface area (Å²) in [6, 6.07) is 6.12. The molecule has 1 N–H and O–H groups in total. The average molecular weight is 327 g/mol. The molecule has 0 saturated heterocycles. The first-order chi connectivity index (χ1) is 9.02. The van der Waals surface area contributed by atoms with Gasteiger partial charge in [-0.1, -0.05) is 13.0 Å². The quantitative estimate of drug-likeness (QED) is 0.857. The zero-order chi connectivity index (χ0) is 14.0. The van der Waals surface area contributed by atoms with Crippen LogP contribution in [0.3, 0.4) is 0 Å². The van der Waals surface area contributed by atoms with E-state index in [1.54, 1.807) is 0 Å². The molecule has 104 valence electrons. The van der Waals surface area contributed by atoms with Crippen LogP contribution in [0.1, 0.15) is 38.2 Å². The lowest BCUT2D eigenvalue weighted by atomic mass is 9.95. The van der Waals surface area contributed by atoms with Gasteiger partial charge < -0.3 is 9.84 Å². The van der Waals surface area contributed by atoms with E-state index in [1.807, 2.05) is 13.0 Å². The van der Waals surface area contributed by atoms with Gasteiger partial charge >= 0.3 is 5.97 Å². The fourth-order valence-corrected chi connectivity index (χ4v) is 3.01. The molecule has 3 unspecified atom stereocenters. The van der Waals surface area contributed by atoms with Crippen LogP contribution >= 0.6 is 15.9 Å². The summed E-state index contributed by atoms with van der Waals surface area (Å²) in [5.74, 6) is 0.811. The maximum absolute atomic E-state index is 10.8. The molecule has 3 atom stereocenters. The molecule has 4 heteroatoms. The van der Waals surface area contributed by atoms with Crippen molar-refractivity contribution in [3.63, 3.8) is 0 Å². The Hall–Kier alpha value is -1.03. The van der Waals surface area contributed by atoms with E-state index in [2.05, 4.69) is 35.0 Å². The minimum Gasteiger partial charge on any atom is -0.493 e. The summed E-state index contributed by atoms with van der Waals surface area (Å²) in [6.45, 7) is 4.76. The van der Waals surface area contributed by atoms with Crippen LogP contribution in [0.5, 0.6) is 5.75 Å². The van der Waals surface area contributed by atoms with Crippen molar-refractivity contribution in [1.29, 1.82) is 0 Å². The number of carboxylic acids is 1. The van der Waals surface area contributed by atoms with Crippen molar-refractivity contribution in [2.75, 3.05) is 6.61 Å². The molecule has 0 heterocycles. The maximum atomic E-state index is 10.8. The number of hydrogen-bond donors (Lipinski definition) is 1. The fourth-order valence-electron chi connectivity index (χ4n) is 2.50. The van der Waals surface area contributed by atoms with Gasteiger partial charge in [-0.15, -0.1) is 0 Å². The monoisotopic (exact) mass is 326 g/mol. The topological polar surface area (TPSA) is 46.5 Å². The Balaban J connectivity index is 1.98. The summed E-state index contributed by atoms with van der Waals surface area (Å²) < 4.78 is 6.45. The first-order valence-electron chi connectivity index (χ1n) is 6.68. The standard InChI is InChI=1S/C15H19BrO3/c1-3-19-14-5-4-10(8-13(14)16)9(2)6-11-7-12(11)15(17)18/h4-5,8-9,11-12H,3,6-7H2,1-2H3,(H,17,18). The lowest BCUT2D eigenvalue weighted by Gasteiger charge is -2.14. The molecule has 1 aliphatic rings. The van der Waals surface area contributed by atoms with Crippen LogP contribution in [0.2, 0.25) is 0 Å². The lowest BCUT2D eigenvalue weighted by Crippen LogP contribution is -2.02. The molecule has 1 aliphatic carbocycles. The van der Waals surface area contributed by atoms with Crippen LogP contribution in [0.4, 0.5) is 0 Å². The van der Waals surface area contributed by atoms with Gasteiger partial charge in [0.2, 0.25) is 0 Å². The second-order valence-corrected chi connectivity index (χ2v) is 6.05. The van der Waals surface area contributed by atoms with Crippen LogP contribution in [-0.4, -0.2) is 17.7 Å². The van der Waals surface area contributed by atoms with Crippen molar-refractivity contribution in [3.8, 4) is 5.75 Å². The second-order valence-electron chi connectivity index (χ2n) is 5.20. The van der Waals surface area contributed by atoms with Crippen molar-refractivity contribution in [2.45, 2.75) is 32.6 Å². The summed E-state index contributed by atoms with van der Waals surface area (Å²) >= 11 is 3.51. The van der Waals surface area contributed by atoms with Gasteiger partial charge in [0, 0.05) is 0 Å². The Bertz CT molecular complexity index is 472. The summed E-state index contributed by atoms with van der Waals surface area (Å²) in [4.78, 5) is 10.8. The van der Waals surface area contributed by atoms with Gasteiger partial charge in [-0.2, -0.15) is 0 Å². The Labute approximate surface area is 122 Å². The number of carboxylic acid groups (broad SMARTS) is 1. The third-order valence-corrected chi connectivity index (χ3v) is 4.34. The van der Waals surface area contributed by atoms with E-state index in [1.165, 1.54) is 5.56 Å². The molecule has 0 aliphatic heterocycles. The number of ether oxygens (including phenoxy) is 1. The molecule has 0 bridgehead atoms. The number of hydrogen-bond acceptors (Lipinski definition) is 2. The molecule has 0 aromatic heterocycles. The van der Waals surface area contributed by atoms with Gasteiger partial charge in [-0.25, -0.2) is 0 Å². The molecule has 1 aromatic carbocycles. The number of rotatable bonds is 6. The summed E-state index contributed by atoms with van der Waals surface area (Å²) in [5, 5.41) is 8.92. The number of benzene rings is 1. The van der Waals surface area contributed by atoms with Gasteiger partial charge in [-0.3, -0.25) is 4.79 Å². The first kappa shape index (κ1) is 14.4. The van der Waals surface area contributed by atoms with Gasteiger partial charge in [0.05, 0.1) is 17.0 Å². The van der Waals surface area contributed by atoms with E-state index >= 15 is 0 Å². The molecule has 1 saturated carbocycles. The molecule has 19 heavy (non-hydrogen) atoms. The largest absolute Gasteiger partial charge is 0.493 e. The molecule has 0 amide bonds. The van der Waals surface area contributed by atoms with E-state index in [0.29, 0.717) is 18.4 Å². The number of carbonyl (C=O) groups is 1. The van der Waals surface area contributed by atoms with E-state index < -0.39 is 5.97 Å². The van der Waals surface area contributed by atoms with Crippen LogP contribution in [0, 0.1) is 11.8 Å². The fraction of sp³-hybridized carbons (Fsp3) is 0.533. The summed E-state index contributed by atoms with van der Waals surface area (Å²) in [5.41, 5.74) is 1.23. The van der Waals surface area contributed by atoms with Gasteiger partial charge in [-0.05, 0) is 65.2 Å². The van der Waals surface area contributed by atoms with Crippen molar-refractivity contribution in [1.82, 2.24) is 0 Å². The van der Waals surface area contributed by atoms with Crippen molar-refractivity contribution >= 4 is 21.9 Å². The van der Waals surface area contributed by atoms with Crippen molar-refractivity contribution in [3.05, 3.63) is 28.2 Å². The molecule has 3 nitrogen and oxygen atoms in total.